The van der Waals surface area contributed by atoms with Crippen molar-refractivity contribution in [2.75, 3.05) is 5.75 Å². The Morgan fingerprint density at radius 3 is 2.14 bits per heavy atom. The van der Waals surface area contributed by atoms with Crippen molar-refractivity contribution in [3.8, 4) is 0 Å². The number of hydrogen-bond acceptors (Lipinski definition) is 8. The maximum absolute atomic E-state index is 13.0. The number of carboxylic acid groups (broad SMARTS) is 1. The Labute approximate surface area is 207 Å². The number of imidazole rings is 1. The molecule has 12 nitrogen and oxygen atoms in total. The van der Waals surface area contributed by atoms with Crippen molar-refractivity contribution >= 4 is 36.3 Å². The number of aromatic nitrogens is 2. The first kappa shape index (κ1) is 27.8. The number of carboxylic acids is 1. The van der Waals surface area contributed by atoms with Crippen molar-refractivity contribution in [3.63, 3.8) is 0 Å². The van der Waals surface area contributed by atoms with E-state index in [-0.39, 0.29) is 18.6 Å². The molecule has 0 bridgehead atoms. The summed E-state index contributed by atoms with van der Waals surface area (Å²) in [5.41, 5.74) is 6.89. The summed E-state index contributed by atoms with van der Waals surface area (Å²) in [6.45, 7) is 1.34. The number of aromatic amines is 1. The van der Waals surface area contributed by atoms with Crippen LogP contribution in [0.1, 0.15) is 18.2 Å². The first-order valence-corrected chi connectivity index (χ1v) is 11.4. The first-order valence-electron chi connectivity index (χ1n) is 10.8. The number of aliphatic hydroxyl groups excluding tert-OH is 1. The molecule has 0 fully saturated rings. The quantitative estimate of drug-likeness (QED) is 0.148. The average Bonchev–Trinajstić information content (AvgIpc) is 3.34. The van der Waals surface area contributed by atoms with Gasteiger partial charge in [0.1, 0.15) is 24.2 Å². The smallest absolute Gasteiger partial charge is 0.326 e. The van der Waals surface area contributed by atoms with Gasteiger partial charge < -0.3 is 36.9 Å². The van der Waals surface area contributed by atoms with Gasteiger partial charge in [0, 0.05) is 30.5 Å². The highest BCUT2D eigenvalue weighted by atomic mass is 32.1. The van der Waals surface area contributed by atoms with Crippen molar-refractivity contribution in [2.24, 2.45) is 5.73 Å². The molecule has 2 aromatic rings. The Bertz CT molecular complexity index is 988. The molecule has 0 radical (unpaired) electrons. The van der Waals surface area contributed by atoms with Crippen LogP contribution in [-0.4, -0.2) is 79.9 Å². The molecule has 1 heterocycles. The van der Waals surface area contributed by atoms with Gasteiger partial charge in [-0.25, -0.2) is 9.78 Å². The van der Waals surface area contributed by atoms with Crippen LogP contribution in [0.2, 0.25) is 0 Å². The number of nitrogens with two attached hydrogens (primary N) is 1. The lowest BCUT2D eigenvalue weighted by atomic mass is 10.1. The Hall–Kier alpha value is -3.42. The molecule has 0 saturated carbocycles. The predicted molar refractivity (Wildman–Crippen MR) is 129 cm³/mol. The number of nitrogens with zero attached hydrogens (tertiary/aromatic N) is 1. The summed E-state index contributed by atoms with van der Waals surface area (Å²) in [5.74, 6) is -3.60. The van der Waals surface area contributed by atoms with Crippen molar-refractivity contribution < 1.29 is 29.4 Å². The fraction of sp³-hybridized carbons (Fsp3) is 0.409. The number of benzene rings is 1. The zero-order chi connectivity index (χ0) is 26.0. The summed E-state index contributed by atoms with van der Waals surface area (Å²) < 4.78 is 0. The van der Waals surface area contributed by atoms with Gasteiger partial charge >= 0.3 is 5.97 Å². The largest absolute Gasteiger partial charge is 0.480 e. The van der Waals surface area contributed by atoms with E-state index in [2.05, 4.69) is 38.5 Å². The molecule has 5 atom stereocenters. The number of hydrogen-bond donors (Lipinski definition) is 8. The molecule has 0 aliphatic rings. The number of amides is 3. The normalized spacial score (nSPS) is 15.2. The van der Waals surface area contributed by atoms with Crippen LogP contribution < -0.4 is 21.7 Å². The van der Waals surface area contributed by atoms with Gasteiger partial charge in [-0.2, -0.15) is 12.6 Å². The molecule has 13 heteroatoms. The summed E-state index contributed by atoms with van der Waals surface area (Å²) in [6.07, 6.45) is 1.75. The van der Waals surface area contributed by atoms with E-state index in [9.17, 15) is 29.4 Å². The second-order valence-corrected chi connectivity index (χ2v) is 8.31. The van der Waals surface area contributed by atoms with Gasteiger partial charge in [0.15, 0.2) is 0 Å². The Balaban J connectivity index is 2.10. The number of aliphatic carboxylic acids is 1. The average molecular weight is 507 g/mol. The molecule has 1 aromatic carbocycles. The van der Waals surface area contributed by atoms with Crippen LogP contribution >= 0.6 is 12.6 Å². The first-order chi connectivity index (χ1) is 16.6. The van der Waals surface area contributed by atoms with Gasteiger partial charge in [0.2, 0.25) is 17.7 Å². The molecule has 0 saturated heterocycles. The van der Waals surface area contributed by atoms with Crippen molar-refractivity contribution in [3.05, 3.63) is 54.1 Å². The van der Waals surface area contributed by atoms with Crippen molar-refractivity contribution in [1.82, 2.24) is 25.9 Å². The van der Waals surface area contributed by atoms with Gasteiger partial charge in [-0.15, -0.1) is 0 Å². The van der Waals surface area contributed by atoms with E-state index in [1.54, 1.807) is 30.3 Å². The molecule has 5 unspecified atom stereocenters. The minimum absolute atomic E-state index is 0.00320. The van der Waals surface area contributed by atoms with Crippen LogP contribution in [0.5, 0.6) is 0 Å². The van der Waals surface area contributed by atoms with Gasteiger partial charge in [0.25, 0.3) is 0 Å². The zero-order valence-electron chi connectivity index (χ0n) is 19.0. The van der Waals surface area contributed by atoms with Gasteiger partial charge in [-0.3, -0.25) is 14.4 Å². The molecule has 1 aromatic heterocycles. The second-order valence-electron chi connectivity index (χ2n) is 7.94. The minimum Gasteiger partial charge on any atom is -0.480 e. The maximum Gasteiger partial charge on any atom is 0.326 e. The van der Waals surface area contributed by atoms with Crippen LogP contribution in [-0.2, 0) is 32.0 Å². The lowest BCUT2D eigenvalue weighted by molar-refractivity contribution is -0.142. The third-order valence-corrected chi connectivity index (χ3v) is 5.51. The van der Waals surface area contributed by atoms with E-state index in [0.29, 0.717) is 11.3 Å². The van der Waals surface area contributed by atoms with Gasteiger partial charge in [-0.05, 0) is 12.5 Å². The molecule has 8 N–H and O–H groups in total. The Morgan fingerprint density at radius 2 is 1.60 bits per heavy atom. The second kappa shape index (κ2) is 13.5. The number of rotatable bonds is 13. The third-order valence-electron chi connectivity index (χ3n) is 5.15. The van der Waals surface area contributed by atoms with Crippen LogP contribution in [0.25, 0.3) is 0 Å². The molecule has 0 aliphatic heterocycles. The lowest BCUT2D eigenvalue weighted by Gasteiger charge is -2.24. The third kappa shape index (κ3) is 8.70. The molecule has 3 amide bonds. The summed E-state index contributed by atoms with van der Waals surface area (Å²) in [7, 11) is 0. The highest BCUT2D eigenvalue weighted by Gasteiger charge is 2.31. The number of carbonyl (C=O) groups is 4. The van der Waals surface area contributed by atoms with Crippen molar-refractivity contribution in [1.29, 1.82) is 0 Å². The van der Waals surface area contributed by atoms with E-state index in [4.69, 9.17) is 5.73 Å². The molecule has 190 valence electrons. The minimum atomic E-state index is -1.27. The lowest BCUT2D eigenvalue weighted by Crippen LogP contribution is -2.59. The van der Waals surface area contributed by atoms with E-state index >= 15 is 0 Å². The van der Waals surface area contributed by atoms with E-state index in [1.807, 2.05) is 0 Å². The van der Waals surface area contributed by atoms with E-state index in [1.165, 1.54) is 19.4 Å². The SMILES string of the molecule is CC(O)C(N)C(=O)NC(Cc1cnc[nH]1)C(=O)NC(CS)C(=O)NC(Cc1ccccc1)C(=O)O. The molecule has 0 aliphatic carbocycles. The predicted octanol–water partition coefficient (Wildman–Crippen LogP) is -1.63. The Morgan fingerprint density at radius 1 is 1.00 bits per heavy atom. The highest BCUT2D eigenvalue weighted by molar-refractivity contribution is 7.80. The van der Waals surface area contributed by atoms with Gasteiger partial charge in [0.05, 0.1) is 12.4 Å². The van der Waals surface area contributed by atoms with E-state index in [0.717, 1.165) is 0 Å². The summed E-state index contributed by atoms with van der Waals surface area (Å²) in [4.78, 5) is 56.5. The maximum atomic E-state index is 13.0. The zero-order valence-corrected chi connectivity index (χ0v) is 19.9. The van der Waals surface area contributed by atoms with Crippen LogP contribution in [0, 0.1) is 0 Å². The fourth-order valence-electron chi connectivity index (χ4n) is 3.10. The fourth-order valence-corrected chi connectivity index (χ4v) is 3.36. The number of thiol groups is 1. The van der Waals surface area contributed by atoms with Crippen LogP contribution in [0.15, 0.2) is 42.9 Å². The molecule has 2 rings (SSSR count). The summed E-state index contributed by atoms with van der Waals surface area (Å²) >= 11 is 4.11. The standard InChI is InChI=1S/C22H30N6O6S/c1-12(29)18(23)21(32)26-15(8-14-9-24-11-25-14)19(30)28-17(10-35)20(31)27-16(22(33)34)7-13-5-3-2-4-6-13/h2-6,9,11-12,15-18,29,35H,7-8,10,23H2,1H3,(H,24,25)(H,26,32)(H,27,31)(H,28,30)(H,33,34). The van der Waals surface area contributed by atoms with Crippen LogP contribution in [0.3, 0.4) is 0 Å². The number of carbonyl (C=O) groups excluding carboxylic acids is 3. The monoisotopic (exact) mass is 506 g/mol. The highest BCUT2D eigenvalue weighted by Crippen LogP contribution is 2.05. The summed E-state index contributed by atoms with van der Waals surface area (Å²) in [5, 5.41) is 26.5. The molecule has 35 heavy (non-hydrogen) atoms. The van der Waals surface area contributed by atoms with E-state index < -0.39 is 54.0 Å². The molecule has 0 spiro atoms. The molecular weight excluding hydrogens is 476 g/mol. The number of aliphatic hydroxyl groups is 1. The van der Waals surface area contributed by atoms with Crippen LogP contribution in [0.4, 0.5) is 0 Å². The van der Waals surface area contributed by atoms with Crippen molar-refractivity contribution in [2.45, 2.75) is 50.0 Å². The number of nitrogens with one attached hydrogen (secondary N) is 4. The topological polar surface area (TPSA) is 200 Å². The number of H-pyrrole nitrogens is 1. The molecular formula is C22H30N6O6S. The Kier molecular flexibility index (Phi) is 10.7. The summed E-state index contributed by atoms with van der Waals surface area (Å²) in [6, 6.07) is 3.92. The van der Waals surface area contributed by atoms with Gasteiger partial charge in [-0.1, -0.05) is 30.3 Å².